The summed E-state index contributed by atoms with van der Waals surface area (Å²) in [4.78, 5) is 26.7. The molecule has 0 unspecified atom stereocenters. The highest BCUT2D eigenvalue weighted by molar-refractivity contribution is 7.92. The first-order chi connectivity index (χ1) is 20.7. The zero-order valence-corrected chi connectivity index (χ0v) is 25.4. The number of amides is 1. The number of rotatable bonds is 9. The Labute approximate surface area is 251 Å². The van der Waals surface area contributed by atoms with E-state index in [-0.39, 0.29) is 22.4 Å². The number of likely N-dealkylation sites (N-methyl/N-ethyl adjacent to an activating group) is 1. The minimum Gasteiger partial charge on any atom is -0.476 e. The molecule has 2 aliphatic heterocycles. The fourth-order valence-electron chi connectivity index (χ4n) is 5.99. The lowest BCUT2D eigenvalue weighted by Gasteiger charge is -2.32. The highest BCUT2D eigenvalue weighted by Crippen LogP contribution is 2.50. The summed E-state index contributed by atoms with van der Waals surface area (Å²) >= 11 is 0. The van der Waals surface area contributed by atoms with E-state index >= 15 is 0 Å². The molecule has 4 heterocycles. The molecule has 1 amide bonds. The van der Waals surface area contributed by atoms with Gasteiger partial charge in [0.25, 0.3) is 10.0 Å². The minimum absolute atomic E-state index is 0.0699. The van der Waals surface area contributed by atoms with Crippen molar-refractivity contribution in [1.82, 2.24) is 14.9 Å². The molecule has 0 atom stereocenters. The van der Waals surface area contributed by atoms with E-state index in [2.05, 4.69) is 19.6 Å². The van der Waals surface area contributed by atoms with Crippen molar-refractivity contribution in [2.45, 2.75) is 29.6 Å². The number of hydrogen-bond acceptors (Lipinski definition) is 8. The lowest BCUT2D eigenvalue weighted by molar-refractivity contribution is -0.126. The second kappa shape index (κ2) is 11.6. The van der Waals surface area contributed by atoms with Gasteiger partial charge in [-0.15, -0.1) is 0 Å². The molecule has 4 aromatic rings. The topological polar surface area (TPSA) is 114 Å². The zero-order valence-electron chi connectivity index (χ0n) is 24.5. The lowest BCUT2D eigenvalue weighted by Crippen LogP contribution is -2.43. The summed E-state index contributed by atoms with van der Waals surface area (Å²) in [5.41, 5.74) is 3.69. The Morgan fingerprint density at radius 1 is 1.02 bits per heavy atom. The number of pyridine rings is 2. The van der Waals surface area contributed by atoms with Crippen molar-refractivity contribution in [2.75, 3.05) is 57.1 Å². The standard InChI is InChI=1S/C32H35N5O5S/c1-36(2)14-7-15-42-30-27(35-43(39,40)24-8-5-4-6-9-24)19-23(20-34-30)22-10-11-26-25(18-22)29-28(21-33-26)37(3)31(38)32(29)12-16-41-17-13-32/h4-6,8-11,18-21,35H,7,12-17H2,1-3H3. The number of aromatic nitrogens is 2. The van der Waals surface area contributed by atoms with E-state index in [1.54, 1.807) is 60.7 Å². The van der Waals surface area contributed by atoms with Crippen molar-refractivity contribution in [2.24, 2.45) is 0 Å². The molecule has 2 aliphatic rings. The molecule has 1 fully saturated rings. The summed E-state index contributed by atoms with van der Waals surface area (Å²) in [7, 11) is 1.87. The third-order valence-corrected chi connectivity index (χ3v) is 9.60. The molecule has 1 N–H and O–H groups in total. The molecule has 1 saturated heterocycles. The van der Waals surface area contributed by atoms with Crippen LogP contribution in [0, 0.1) is 0 Å². The van der Waals surface area contributed by atoms with Crippen LogP contribution in [0.1, 0.15) is 24.8 Å². The average Bonchev–Trinajstić information content (AvgIpc) is 3.21. The second-order valence-corrected chi connectivity index (χ2v) is 13.0. The smallest absolute Gasteiger partial charge is 0.262 e. The van der Waals surface area contributed by atoms with Crippen LogP contribution in [0.4, 0.5) is 11.4 Å². The summed E-state index contributed by atoms with van der Waals surface area (Å²) in [5, 5.41) is 0.894. The van der Waals surface area contributed by atoms with Crippen LogP contribution in [0.5, 0.6) is 5.88 Å². The Bertz CT molecular complexity index is 1770. The number of carbonyl (C=O) groups is 1. The molecule has 10 nitrogen and oxygen atoms in total. The molecule has 0 radical (unpaired) electrons. The maximum absolute atomic E-state index is 13.6. The number of hydrogen-bond donors (Lipinski definition) is 1. The van der Waals surface area contributed by atoms with Gasteiger partial charge in [-0.25, -0.2) is 13.4 Å². The number of nitrogens with zero attached hydrogens (tertiary/aromatic N) is 4. The van der Waals surface area contributed by atoms with Crippen molar-refractivity contribution in [3.05, 3.63) is 72.6 Å². The Balaban J connectivity index is 1.42. The molecular weight excluding hydrogens is 566 g/mol. The van der Waals surface area contributed by atoms with Crippen LogP contribution < -0.4 is 14.4 Å². The lowest BCUT2D eigenvalue weighted by atomic mass is 9.74. The van der Waals surface area contributed by atoms with Gasteiger partial charge in [-0.3, -0.25) is 14.5 Å². The van der Waals surface area contributed by atoms with E-state index in [0.717, 1.165) is 40.7 Å². The van der Waals surface area contributed by atoms with Gasteiger partial charge < -0.3 is 19.3 Å². The van der Waals surface area contributed by atoms with E-state index in [1.807, 2.05) is 32.3 Å². The first kappa shape index (κ1) is 29.0. The molecule has 0 bridgehead atoms. The zero-order chi connectivity index (χ0) is 30.2. The highest BCUT2D eigenvalue weighted by atomic mass is 32.2. The van der Waals surface area contributed by atoms with Crippen molar-refractivity contribution >= 4 is 38.2 Å². The molecule has 1 spiro atoms. The normalized spacial score (nSPS) is 16.2. The fraction of sp³-hybridized carbons (Fsp3) is 0.344. The maximum atomic E-state index is 13.6. The van der Waals surface area contributed by atoms with Gasteiger partial charge in [0, 0.05) is 49.5 Å². The van der Waals surface area contributed by atoms with Crippen LogP contribution in [0.15, 0.2) is 71.9 Å². The third-order valence-electron chi connectivity index (χ3n) is 8.22. The van der Waals surface area contributed by atoms with E-state index in [9.17, 15) is 13.2 Å². The Morgan fingerprint density at radius 2 is 1.79 bits per heavy atom. The first-order valence-electron chi connectivity index (χ1n) is 14.3. The summed E-state index contributed by atoms with van der Waals surface area (Å²) in [6.07, 6.45) is 5.43. The SMILES string of the molecule is CN(C)CCCOc1ncc(-c2ccc3ncc4c(c3c2)C2(CCOCC2)C(=O)N4C)cc1NS(=O)(=O)c1ccccc1. The fourth-order valence-corrected chi connectivity index (χ4v) is 7.06. The first-order valence-corrected chi connectivity index (χ1v) is 15.8. The average molecular weight is 602 g/mol. The van der Waals surface area contributed by atoms with E-state index in [0.29, 0.717) is 38.2 Å². The van der Waals surface area contributed by atoms with Crippen molar-refractivity contribution < 1.29 is 22.7 Å². The molecule has 2 aromatic heterocycles. The van der Waals surface area contributed by atoms with E-state index < -0.39 is 15.4 Å². The van der Waals surface area contributed by atoms with Gasteiger partial charge in [0.15, 0.2) is 0 Å². The van der Waals surface area contributed by atoms with Crippen LogP contribution >= 0.6 is 0 Å². The van der Waals surface area contributed by atoms with Gasteiger partial charge in [-0.05, 0) is 69.3 Å². The van der Waals surface area contributed by atoms with Gasteiger partial charge in [0.2, 0.25) is 11.8 Å². The summed E-state index contributed by atoms with van der Waals surface area (Å²) in [5.74, 6) is 0.277. The van der Waals surface area contributed by atoms with Crippen LogP contribution in [0.2, 0.25) is 0 Å². The number of fused-ring (bicyclic) bond motifs is 4. The van der Waals surface area contributed by atoms with Gasteiger partial charge >= 0.3 is 0 Å². The highest BCUT2D eigenvalue weighted by Gasteiger charge is 2.51. The molecule has 2 aromatic carbocycles. The molecule has 43 heavy (non-hydrogen) atoms. The van der Waals surface area contributed by atoms with Gasteiger partial charge in [0.1, 0.15) is 5.69 Å². The summed E-state index contributed by atoms with van der Waals surface area (Å²) in [6, 6.07) is 15.8. The van der Waals surface area contributed by atoms with Crippen molar-refractivity contribution in [3.8, 4) is 17.0 Å². The summed E-state index contributed by atoms with van der Waals surface area (Å²) < 4.78 is 40.9. The third kappa shape index (κ3) is 5.44. The molecule has 6 rings (SSSR count). The quantitative estimate of drug-likeness (QED) is 0.280. The van der Waals surface area contributed by atoms with Gasteiger partial charge in [-0.2, -0.15) is 0 Å². The van der Waals surface area contributed by atoms with Crippen LogP contribution in [-0.4, -0.2) is 76.7 Å². The molecular formula is C32H35N5O5S. The molecule has 0 saturated carbocycles. The minimum atomic E-state index is -3.90. The van der Waals surface area contributed by atoms with Gasteiger partial charge in [-0.1, -0.05) is 24.3 Å². The second-order valence-electron chi connectivity index (χ2n) is 11.3. The molecule has 11 heteroatoms. The summed E-state index contributed by atoms with van der Waals surface area (Å²) in [6.45, 7) is 2.25. The number of nitrogens with one attached hydrogen (secondary N) is 1. The Kier molecular flexibility index (Phi) is 7.80. The predicted molar refractivity (Wildman–Crippen MR) is 166 cm³/mol. The predicted octanol–water partition coefficient (Wildman–Crippen LogP) is 4.45. The van der Waals surface area contributed by atoms with Crippen molar-refractivity contribution in [1.29, 1.82) is 0 Å². The number of ether oxygens (including phenoxy) is 2. The number of carbonyl (C=O) groups excluding carboxylic acids is 1. The van der Waals surface area contributed by atoms with Crippen LogP contribution in [0.25, 0.3) is 22.0 Å². The number of anilines is 2. The largest absolute Gasteiger partial charge is 0.476 e. The molecule has 0 aliphatic carbocycles. The Hall–Kier alpha value is -4.06. The van der Waals surface area contributed by atoms with Gasteiger partial charge in [0.05, 0.1) is 34.3 Å². The van der Waals surface area contributed by atoms with E-state index in [4.69, 9.17) is 9.47 Å². The Morgan fingerprint density at radius 3 is 2.53 bits per heavy atom. The maximum Gasteiger partial charge on any atom is 0.262 e. The van der Waals surface area contributed by atoms with Crippen LogP contribution in [-0.2, 0) is 25.0 Å². The number of benzene rings is 2. The van der Waals surface area contributed by atoms with E-state index in [1.165, 1.54) is 0 Å². The van der Waals surface area contributed by atoms with Crippen molar-refractivity contribution in [3.63, 3.8) is 0 Å². The molecule has 224 valence electrons. The van der Waals surface area contributed by atoms with Crippen LogP contribution in [0.3, 0.4) is 0 Å². The number of sulfonamides is 1. The monoisotopic (exact) mass is 601 g/mol.